The lowest BCUT2D eigenvalue weighted by atomic mass is 10.2. The van der Waals surface area contributed by atoms with Crippen molar-refractivity contribution in [3.63, 3.8) is 0 Å². The van der Waals surface area contributed by atoms with Gasteiger partial charge in [-0.2, -0.15) is 0 Å². The van der Waals surface area contributed by atoms with Crippen LogP contribution in [-0.4, -0.2) is 7.11 Å². The van der Waals surface area contributed by atoms with E-state index in [0.717, 1.165) is 17.7 Å². The Morgan fingerprint density at radius 1 is 1.15 bits per heavy atom. The number of methoxy groups -OCH3 is 1. The minimum Gasteiger partial charge on any atom is -0.495 e. The molecule has 0 aromatic heterocycles. The van der Waals surface area contributed by atoms with Gasteiger partial charge in [-0.05, 0) is 24.6 Å². The summed E-state index contributed by atoms with van der Waals surface area (Å²) in [5.41, 5.74) is 6.87. The second-order valence-electron chi connectivity index (χ2n) is 4.28. The zero-order chi connectivity index (χ0) is 14.9. The van der Waals surface area contributed by atoms with Crippen LogP contribution in [0.4, 0.5) is 25.8 Å². The minimum absolute atomic E-state index is 0.127. The highest BCUT2D eigenvalue weighted by molar-refractivity contribution is 6.31. The molecule has 3 N–H and O–H groups in total. The highest BCUT2D eigenvalue weighted by atomic mass is 35.5. The van der Waals surface area contributed by atoms with Crippen LogP contribution in [0.25, 0.3) is 0 Å². The van der Waals surface area contributed by atoms with E-state index in [0.29, 0.717) is 16.5 Å². The molecule has 0 atom stereocenters. The van der Waals surface area contributed by atoms with Gasteiger partial charge in [-0.15, -0.1) is 0 Å². The Bertz CT molecular complexity index is 662. The van der Waals surface area contributed by atoms with Crippen LogP contribution in [0.2, 0.25) is 5.02 Å². The van der Waals surface area contributed by atoms with Crippen molar-refractivity contribution in [1.29, 1.82) is 0 Å². The molecule has 2 aromatic carbocycles. The first-order valence-corrected chi connectivity index (χ1v) is 6.16. The van der Waals surface area contributed by atoms with E-state index in [4.69, 9.17) is 22.1 Å². The Morgan fingerprint density at radius 2 is 1.85 bits per heavy atom. The van der Waals surface area contributed by atoms with Crippen molar-refractivity contribution in [1.82, 2.24) is 0 Å². The quantitative estimate of drug-likeness (QED) is 0.832. The number of halogens is 3. The standard InChI is InChI=1S/C14H13ClF2N2O/c1-7-3-11(13(20-2)6-9(7)15)19-12-5-8(16)4-10(17)14(12)18/h3-6,19H,18H2,1-2H3. The average Bonchev–Trinajstić information content (AvgIpc) is 2.39. The fraction of sp³-hybridized carbons (Fsp3) is 0.143. The molecule has 0 saturated carbocycles. The maximum atomic E-state index is 13.4. The molecule has 0 radical (unpaired) electrons. The Kier molecular flexibility index (Phi) is 3.99. The van der Waals surface area contributed by atoms with Crippen LogP contribution >= 0.6 is 11.6 Å². The second kappa shape index (κ2) is 5.54. The van der Waals surface area contributed by atoms with Gasteiger partial charge in [0.05, 0.1) is 24.2 Å². The Hall–Kier alpha value is -2.01. The molecule has 0 bridgehead atoms. The van der Waals surface area contributed by atoms with E-state index in [1.165, 1.54) is 7.11 Å². The predicted molar refractivity (Wildman–Crippen MR) is 76.8 cm³/mol. The maximum Gasteiger partial charge on any atom is 0.151 e. The summed E-state index contributed by atoms with van der Waals surface area (Å²) in [5.74, 6) is -1.09. The molecule has 106 valence electrons. The molecule has 0 saturated heterocycles. The molecule has 3 nitrogen and oxygen atoms in total. The largest absolute Gasteiger partial charge is 0.495 e. The van der Waals surface area contributed by atoms with Crippen molar-refractivity contribution in [3.05, 3.63) is 46.5 Å². The van der Waals surface area contributed by atoms with E-state index in [2.05, 4.69) is 5.32 Å². The van der Waals surface area contributed by atoms with Gasteiger partial charge in [-0.25, -0.2) is 8.78 Å². The number of ether oxygens (including phenoxy) is 1. The van der Waals surface area contributed by atoms with Gasteiger partial charge in [0.1, 0.15) is 11.6 Å². The molecule has 0 fully saturated rings. The highest BCUT2D eigenvalue weighted by Gasteiger charge is 2.12. The van der Waals surface area contributed by atoms with Crippen molar-refractivity contribution in [2.75, 3.05) is 18.2 Å². The number of nitrogen functional groups attached to an aromatic ring is 1. The van der Waals surface area contributed by atoms with Crippen LogP contribution in [-0.2, 0) is 0 Å². The number of anilines is 3. The molecular formula is C14H13ClF2N2O. The third-order valence-corrected chi connectivity index (χ3v) is 3.25. The van der Waals surface area contributed by atoms with Gasteiger partial charge in [-0.3, -0.25) is 0 Å². The van der Waals surface area contributed by atoms with Crippen LogP contribution in [0.1, 0.15) is 5.56 Å². The molecule has 0 heterocycles. The zero-order valence-electron chi connectivity index (χ0n) is 10.9. The van der Waals surface area contributed by atoms with Crippen molar-refractivity contribution in [3.8, 4) is 5.75 Å². The van der Waals surface area contributed by atoms with Gasteiger partial charge < -0.3 is 15.8 Å². The number of aryl methyl sites for hydroxylation is 1. The van der Waals surface area contributed by atoms with E-state index in [1.54, 1.807) is 12.1 Å². The molecule has 0 amide bonds. The fourth-order valence-electron chi connectivity index (χ4n) is 1.76. The first-order chi connectivity index (χ1) is 9.42. The first kappa shape index (κ1) is 14.4. The minimum atomic E-state index is -0.822. The molecule has 0 aliphatic heterocycles. The van der Waals surface area contributed by atoms with Gasteiger partial charge in [0.25, 0.3) is 0 Å². The lowest BCUT2D eigenvalue weighted by Gasteiger charge is -2.15. The monoisotopic (exact) mass is 298 g/mol. The summed E-state index contributed by atoms with van der Waals surface area (Å²) in [6.45, 7) is 1.81. The molecule has 2 aromatic rings. The van der Waals surface area contributed by atoms with Crippen LogP contribution in [0, 0.1) is 18.6 Å². The normalized spacial score (nSPS) is 10.4. The van der Waals surface area contributed by atoms with Crippen LogP contribution in [0.5, 0.6) is 5.75 Å². The third kappa shape index (κ3) is 2.77. The Labute approximate surface area is 120 Å². The summed E-state index contributed by atoms with van der Waals surface area (Å²) < 4.78 is 31.8. The van der Waals surface area contributed by atoms with Gasteiger partial charge in [0.2, 0.25) is 0 Å². The van der Waals surface area contributed by atoms with Crippen LogP contribution in [0.15, 0.2) is 24.3 Å². The lowest BCUT2D eigenvalue weighted by molar-refractivity contribution is 0.417. The van der Waals surface area contributed by atoms with Crippen molar-refractivity contribution in [2.24, 2.45) is 0 Å². The van der Waals surface area contributed by atoms with Gasteiger partial charge in [0, 0.05) is 17.2 Å². The number of rotatable bonds is 3. The molecule has 0 spiro atoms. The summed E-state index contributed by atoms with van der Waals surface area (Å²) >= 11 is 6.00. The summed E-state index contributed by atoms with van der Waals surface area (Å²) in [6, 6.07) is 5.17. The fourth-order valence-corrected chi connectivity index (χ4v) is 1.92. The summed E-state index contributed by atoms with van der Waals surface area (Å²) in [6.07, 6.45) is 0. The Morgan fingerprint density at radius 3 is 2.50 bits per heavy atom. The first-order valence-electron chi connectivity index (χ1n) is 5.78. The molecule has 2 rings (SSSR count). The van der Waals surface area contributed by atoms with E-state index >= 15 is 0 Å². The smallest absolute Gasteiger partial charge is 0.151 e. The zero-order valence-corrected chi connectivity index (χ0v) is 11.7. The maximum absolute atomic E-state index is 13.4. The van der Waals surface area contributed by atoms with E-state index in [1.807, 2.05) is 6.92 Å². The van der Waals surface area contributed by atoms with Crippen molar-refractivity contribution < 1.29 is 13.5 Å². The number of hydrogen-bond donors (Lipinski definition) is 2. The molecule has 0 aliphatic carbocycles. The van der Waals surface area contributed by atoms with Gasteiger partial charge in [0.15, 0.2) is 5.82 Å². The number of nitrogens with one attached hydrogen (secondary N) is 1. The molecule has 6 heteroatoms. The van der Waals surface area contributed by atoms with Crippen molar-refractivity contribution in [2.45, 2.75) is 6.92 Å². The lowest BCUT2D eigenvalue weighted by Crippen LogP contribution is -2.02. The number of hydrogen-bond acceptors (Lipinski definition) is 3. The average molecular weight is 299 g/mol. The number of benzene rings is 2. The highest BCUT2D eigenvalue weighted by Crippen LogP contribution is 2.35. The van der Waals surface area contributed by atoms with E-state index in [-0.39, 0.29) is 11.4 Å². The van der Waals surface area contributed by atoms with Crippen LogP contribution in [0.3, 0.4) is 0 Å². The topological polar surface area (TPSA) is 47.3 Å². The predicted octanol–water partition coefficient (Wildman–Crippen LogP) is 4.26. The van der Waals surface area contributed by atoms with Gasteiger partial charge >= 0.3 is 0 Å². The number of nitrogens with two attached hydrogens (primary N) is 1. The molecular weight excluding hydrogens is 286 g/mol. The van der Waals surface area contributed by atoms with E-state index < -0.39 is 11.6 Å². The molecule has 20 heavy (non-hydrogen) atoms. The Balaban J connectivity index is 2.47. The second-order valence-corrected chi connectivity index (χ2v) is 4.68. The summed E-state index contributed by atoms with van der Waals surface area (Å²) in [5, 5.41) is 3.39. The summed E-state index contributed by atoms with van der Waals surface area (Å²) in [4.78, 5) is 0. The van der Waals surface area contributed by atoms with E-state index in [9.17, 15) is 8.78 Å². The molecule has 0 aliphatic rings. The van der Waals surface area contributed by atoms with Crippen molar-refractivity contribution >= 4 is 28.7 Å². The van der Waals surface area contributed by atoms with Gasteiger partial charge in [-0.1, -0.05) is 11.6 Å². The SMILES string of the molecule is COc1cc(Cl)c(C)cc1Nc1cc(F)cc(F)c1N. The van der Waals surface area contributed by atoms with Crippen LogP contribution < -0.4 is 15.8 Å². The summed E-state index contributed by atoms with van der Waals surface area (Å²) in [7, 11) is 1.47. The molecule has 0 unspecified atom stereocenters. The third-order valence-electron chi connectivity index (χ3n) is 2.84.